The summed E-state index contributed by atoms with van der Waals surface area (Å²) in [5.74, 6) is -1.25. The number of para-hydroxylation sites is 1. The van der Waals surface area contributed by atoms with Crippen molar-refractivity contribution in [3.63, 3.8) is 0 Å². The summed E-state index contributed by atoms with van der Waals surface area (Å²) in [4.78, 5) is 22.4. The molecule has 21 heavy (non-hydrogen) atoms. The van der Waals surface area contributed by atoms with Gasteiger partial charge in [0.15, 0.2) is 0 Å². The number of Topliss-reactive ketones (excluding diaryl/α,β-unsaturated/α-hetero) is 1. The molecule has 0 fully saturated rings. The highest BCUT2D eigenvalue weighted by Gasteiger charge is 2.37. The van der Waals surface area contributed by atoms with Crippen LogP contribution >= 0.6 is 0 Å². The van der Waals surface area contributed by atoms with E-state index in [0.29, 0.717) is 17.7 Å². The Morgan fingerprint density at radius 1 is 1.48 bits per heavy atom. The first kappa shape index (κ1) is 15.1. The Morgan fingerprint density at radius 2 is 2.19 bits per heavy atom. The molecular formula is C14H16BNO5. The van der Waals surface area contributed by atoms with Crippen molar-refractivity contribution in [2.75, 3.05) is 0 Å². The molecule has 0 spiro atoms. The molecule has 0 saturated heterocycles. The number of rotatable bonds is 5. The van der Waals surface area contributed by atoms with Crippen molar-refractivity contribution in [3.8, 4) is 5.75 Å². The SMILES string of the molecule is C=C(O)c1cccc2c1OB(O)[C@@H](CC(=O)CC(N)=O)C2. The Balaban J connectivity index is 2.17. The Hall–Kier alpha value is -2.28. The van der Waals surface area contributed by atoms with E-state index in [1.54, 1.807) is 18.2 Å². The van der Waals surface area contributed by atoms with Gasteiger partial charge in [0.05, 0.1) is 12.0 Å². The van der Waals surface area contributed by atoms with E-state index >= 15 is 0 Å². The summed E-state index contributed by atoms with van der Waals surface area (Å²) in [7, 11) is -1.19. The van der Waals surface area contributed by atoms with E-state index < -0.39 is 18.8 Å². The number of aliphatic hydroxyl groups is 1. The zero-order valence-electron chi connectivity index (χ0n) is 11.4. The van der Waals surface area contributed by atoms with Crippen LogP contribution in [0.15, 0.2) is 24.8 Å². The maximum Gasteiger partial charge on any atom is 0.526 e. The van der Waals surface area contributed by atoms with E-state index in [2.05, 4.69) is 6.58 Å². The van der Waals surface area contributed by atoms with Gasteiger partial charge in [-0.1, -0.05) is 18.7 Å². The zero-order valence-corrected chi connectivity index (χ0v) is 11.4. The van der Waals surface area contributed by atoms with Crippen molar-refractivity contribution in [2.24, 2.45) is 5.73 Å². The van der Waals surface area contributed by atoms with Crippen LogP contribution in [0.3, 0.4) is 0 Å². The van der Waals surface area contributed by atoms with Crippen LogP contribution in [-0.4, -0.2) is 28.9 Å². The number of carbonyl (C=O) groups excluding carboxylic acids is 2. The second-order valence-corrected chi connectivity index (χ2v) is 5.10. The summed E-state index contributed by atoms with van der Waals surface area (Å²) in [6.45, 7) is 3.45. The molecule has 1 aliphatic heterocycles. The van der Waals surface area contributed by atoms with Gasteiger partial charge >= 0.3 is 7.12 Å². The average molecular weight is 289 g/mol. The van der Waals surface area contributed by atoms with Crippen LogP contribution in [0.25, 0.3) is 5.76 Å². The molecule has 0 aromatic heterocycles. The lowest BCUT2D eigenvalue weighted by Crippen LogP contribution is -2.35. The summed E-state index contributed by atoms with van der Waals surface area (Å²) >= 11 is 0. The Kier molecular flexibility index (Phi) is 4.33. The third-order valence-corrected chi connectivity index (χ3v) is 3.39. The highest BCUT2D eigenvalue weighted by molar-refractivity contribution is 6.46. The summed E-state index contributed by atoms with van der Waals surface area (Å²) in [6, 6.07) is 5.16. The minimum atomic E-state index is -1.19. The summed E-state index contributed by atoms with van der Waals surface area (Å²) < 4.78 is 5.41. The molecule has 7 heteroatoms. The van der Waals surface area contributed by atoms with Crippen LogP contribution in [0, 0.1) is 0 Å². The van der Waals surface area contributed by atoms with Crippen LogP contribution in [0.4, 0.5) is 0 Å². The van der Waals surface area contributed by atoms with E-state index in [9.17, 15) is 19.7 Å². The largest absolute Gasteiger partial charge is 0.535 e. The van der Waals surface area contributed by atoms with Gasteiger partial charge < -0.3 is 20.5 Å². The van der Waals surface area contributed by atoms with Crippen molar-refractivity contribution < 1.29 is 24.4 Å². The Labute approximate surface area is 122 Å². The summed E-state index contributed by atoms with van der Waals surface area (Å²) in [6.07, 6.45) is 0.0690. The Morgan fingerprint density at radius 3 is 2.81 bits per heavy atom. The van der Waals surface area contributed by atoms with Crippen molar-refractivity contribution >= 4 is 24.6 Å². The van der Waals surface area contributed by atoms with Crippen LogP contribution in [0.1, 0.15) is 24.0 Å². The third-order valence-electron chi connectivity index (χ3n) is 3.39. The molecular weight excluding hydrogens is 273 g/mol. The molecule has 1 amide bonds. The molecule has 0 radical (unpaired) electrons. The highest BCUT2D eigenvalue weighted by atomic mass is 16.5. The van der Waals surface area contributed by atoms with Crippen molar-refractivity contribution in [1.82, 2.24) is 0 Å². The maximum absolute atomic E-state index is 11.6. The molecule has 1 aromatic carbocycles. The fourth-order valence-corrected chi connectivity index (χ4v) is 2.44. The standard InChI is InChI=1S/C14H16BNO5/c1-8(17)12-4-2-3-9-5-10(15(20)21-14(9)12)6-11(18)7-13(16)19/h2-4,10,17,20H,1,5-7H2,(H2,16,19)/t10-/m1/s1. The number of hydrogen-bond acceptors (Lipinski definition) is 5. The van der Waals surface area contributed by atoms with Gasteiger partial charge in [0, 0.05) is 12.2 Å². The monoisotopic (exact) mass is 289 g/mol. The number of amides is 1. The minimum Gasteiger partial charge on any atom is -0.535 e. The van der Waals surface area contributed by atoms with Gasteiger partial charge in [-0.15, -0.1) is 0 Å². The van der Waals surface area contributed by atoms with Crippen LogP contribution in [-0.2, 0) is 16.0 Å². The van der Waals surface area contributed by atoms with Gasteiger partial charge in [0.2, 0.25) is 5.91 Å². The number of primary amides is 1. The van der Waals surface area contributed by atoms with Gasteiger partial charge in [-0.3, -0.25) is 9.59 Å². The second kappa shape index (κ2) is 6.01. The molecule has 4 N–H and O–H groups in total. The molecule has 1 aromatic rings. The molecule has 1 aliphatic rings. The number of carbonyl (C=O) groups is 2. The molecule has 1 heterocycles. The molecule has 2 rings (SSSR count). The molecule has 0 saturated carbocycles. The Bertz CT molecular complexity index is 601. The fraction of sp³-hybridized carbons (Fsp3) is 0.286. The van der Waals surface area contributed by atoms with Gasteiger partial charge in [-0.05, 0) is 18.1 Å². The second-order valence-electron chi connectivity index (χ2n) is 5.10. The molecule has 0 bridgehead atoms. The predicted octanol–water partition coefficient (Wildman–Crippen LogP) is 0.835. The van der Waals surface area contributed by atoms with Gasteiger partial charge in [-0.2, -0.15) is 0 Å². The lowest BCUT2D eigenvalue weighted by Gasteiger charge is -2.28. The summed E-state index contributed by atoms with van der Waals surface area (Å²) in [5.41, 5.74) is 6.15. The van der Waals surface area contributed by atoms with Gasteiger partial charge in [0.1, 0.15) is 17.3 Å². The van der Waals surface area contributed by atoms with Crippen molar-refractivity contribution in [2.45, 2.75) is 25.1 Å². The molecule has 0 aliphatic carbocycles. The molecule has 1 atom stereocenters. The quantitative estimate of drug-likeness (QED) is 0.422. The normalized spacial score (nSPS) is 16.8. The molecule has 0 unspecified atom stereocenters. The molecule has 110 valence electrons. The fourth-order valence-electron chi connectivity index (χ4n) is 2.44. The van der Waals surface area contributed by atoms with Crippen LogP contribution in [0.5, 0.6) is 5.75 Å². The first-order valence-corrected chi connectivity index (χ1v) is 6.53. The van der Waals surface area contributed by atoms with Gasteiger partial charge in [-0.25, -0.2) is 0 Å². The maximum atomic E-state index is 11.6. The van der Waals surface area contributed by atoms with Gasteiger partial charge in [0.25, 0.3) is 0 Å². The lowest BCUT2D eigenvalue weighted by molar-refractivity contribution is -0.126. The van der Waals surface area contributed by atoms with E-state index in [1.807, 2.05) is 0 Å². The number of benzene rings is 1. The van der Waals surface area contributed by atoms with Crippen LogP contribution < -0.4 is 10.4 Å². The van der Waals surface area contributed by atoms with E-state index in [0.717, 1.165) is 5.56 Å². The van der Waals surface area contributed by atoms with Crippen LogP contribution in [0.2, 0.25) is 5.82 Å². The predicted molar refractivity (Wildman–Crippen MR) is 77.6 cm³/mol. The molecule has 6 nitrogen and oxygen atoms in total. The lowest BCUT2D eigenvalue weighted by atomic mass is 9.64. The number of ketones is 1. The van der Waals surface area contributed by atoms with E-state index in [-0.39, 0.29) is 24.4 Å². The highest BCUT2D eigenvalue weighted by Crippen LogP contribution is 2.37. The summed E-state index contributed by atoms with van der Waals surface area (Å²) in [5, 5.41) is 19.5. The van der Waals surface area contributed by atoms with E-state index in [4.69, 9.17) is 10.4 Å². The first-order chi connectivity index (χ1) is 9.88. The van der Waals surface area contributed by atoms with Crippen molar-refractivity contribution in [1.29, 1.82) is 0 Å². The topological polar surface area (TPSA) is 110 Å². The minimum absolute atomic E-state index is 0.00778. The average Bonchev–Trinajstić information content (AvgIpc) is 2.37. The first-order valence-electron chi connectivity index (χ1n) is 6.53. The number of hydrogen-bond donors (Lipinski definition) is 3. The number of aliphatic hydroxyl groups excluding tert-OH is 1. The number of nitrogens with two attached hydrogens (primary N) is 1. The van der Waals surface area contributed by atoms with Crippen molar-refractivity contribution in [3.05, 3.63) is 35.9 Å². The van der Waals surface area contributed by atoms with E-state index in [1.165, 1.54) is 0 Å². The third kappa shape index (κ3) is 3.43. The number of fused-ring (bicyclic) bond motifs is 1. The smallest absolute Gasteiger partial charge is 0.526 e. The zero-order chi connectivity index (χ0) is 15.6.